The highest BCUT2D eigenvalue weighted by molar-refractivity contribution is 5.76. The summed E-state index contributed by atoms with van der Waals surface area (Å²) in [5.74, 6) is 0.0377. The van der Waals surface area contributed by atoms with E-state index in [2.05, 4.69) is 15.5 Å². The van der Waals surface area contributed by atoms with Crippen molar-refractivity contribution < 1.29 is 13.9 Å². The molecule has 1 atom stereocenters. The Balaban J connectivity index is 1.53. The lowest BCUT2D eigenvalue weighted by atomic mass is 9.99. The number of amides is 1. The van der Waals surface area contributed by atoms with Crippen molar-refractivity contribution in [2.45, 2.75) is 19.4 Å². The lowest BCUT2D eigenvalue weighted by molar-refractivity contribution is -0.134. The maximum Gasteiger partial charge on any atom is 0.244 e. The third-order valence-corrected chi connectivity index (χ3v) is 4.03. The summed E-state index contributed by atoms with van der Waals surface area (Å²) in [4.78, 5) is 14.1. The van der Waals surface area contributed by atoms with E-state index in [1.54, 1.807) is 23.1 Å². The van der Waals surface area contributed by atoms with Gasteiger partial charge in [0.05, 0.1) is 6.61 Å². The second-order valence-corrected chi connectivity index (χ2v) is 5.78. The third kappa shape index (κ3) is 3.79. The van der Waals surface area contributed by atoms with Crippen LogP contribution in [0.1, 0.15) is 12.8 Å². The van der Waals surface area contributed by atoms with E-state index in [4.69, 9.17) is 10.5 Å². The van der Waals surface area contributed by atoms with E-state index in [0.29, 0.717) is 19.7 Å². The first-order valence-corrected chi connectivity index (χ1v) is 7.80. The molecule has 8 nitrogen and oxygen atoms in total. The zero-order chi connectivity index (χ0) is 16.9. The van der Waals surface area contributed by atoms with E-state index in [1.807, 2.05) is 0 Å². The number of carbonyl (C=O) groups excluding carboxylic acids is 1. The molecule has 2 aromatic rings. The van der Waals surface area contributed by atoms with Crippen LogP contribution in [0.15, 0.2) is 24.3 Å². The van der Waals surface area contributed by atoms with Crippen LogP contribution in [0, 0.1) is 11.7 Å². The van der Waals surface area contributed by atoms with Gasteiger partial charge in [0.1, 0.15) is 6.54 Å². The molecular formula is C15H19FN6O2. The SMILES string of the molecule is Nc1nnnn1CC(=O)N1CCC[C@H](COc2ccccc2F)C1. The highest BCUT2D eigenvalue weighted by Gasteiger charge is 2.25. The lowest BCUT2D eigenvalue weighted by Crippen LogP contribution is -2.43. The molecule has 1 aliphatic rings. The predicted octanol–water partition coefficient (Wildman–Crippen LogP) is 0.712. The Labute approximate surface area is 138 Å². The van der Waals surface area contributed by atoms with Crippen LogP contribution in [-0.2, 0) is 11.3 Å². The van der Waals surface area contributed by atoms with Gasteiger partial charge < -0.3 is 15.4 Å². The van der Waals surface area contributed by atoms with Gasteiger partial charge in [-0.1, -0.05) is 17.2 Å². The van der Waals surface area contributed by atoms with Crippen molar-refractivity contribution in [2.24, 2.45) is 5.92 Å². The van der Waals surface area contributed by atoms with Gasteiger partial charge in [-0.25, -0.2) is 9.07 Å². The minimum atomic E-state index is -0.379. The van der Waals surface area contributed by atoms with Crippen LogP contribution in [0.3, 0.4) is 0 Å². The Morgan fingerprint density at radius 3 is 3.00 bits per heavy atom. The van der Waals surface area contributed by atoms with Crippen molar-refractivity contribution in [1.82, 2.24) is 25.1 Å². The number of hydrogen-bond acceptors (Lipinski definition) is 6. The Bertz CT molecular complexity index is 707. The highest BCUT2D eigenvalue weighted by atomic mass is 19.1. The minimum Gasteiger partial charge on any atom is -0.490 e. The van der Waals surface area contributed by atoms with E-state index in [-0.39, 0.29) is 35.9 Å². The molecule has 1 amide bonds. The molecule has 0 bridgehead atoms. The summed E-state index contributed by atoms with van der Waals surface area (Å²) in [6.07, 6.45) is 1.81. The van der Waals surface area contributed by atoms with Gasteiger partial charge in [-0.2, -0.15) is 0 Å². The number of halogens is 1. The number of rotatable bonds is 5. The molecule has 0 saturated carbocycles. The van der Waals surface area contributed by atoms with Crippen LogP contribution in [-0.4, -0.2) is 50.7 Å². The Hall–Kier alpha value is -2.71. The average Bonchev–Trinajstić information content (AvgIpc) is 2.99. The number of anilines is 1. The fourth-order valence-corrected chi connectivity index (χ4v) is 2.75. The van der Waals surface area contributed by atoms with Crippen molar-refractivity contribution in [1.29, 1.82) is 0 Å². The predicted molar refractivity (Wildman–Crippen MR) is 83.4 cm³/mol. The smallest absolute Gasteiger partial charge is 0.244 e. The van der Waals surface area contributed by atoms with Gasteiger partial charge in [0.2, 0.25) is 11.9 Å². The molecule has 2 N–H and O–H groups in total. The molecule has 0 unspecified atom stereocenters. The van der Waals surface area contributed by atoms with Crippen LogP contribution in [0.25, 0.3) is 0 Å². The van der Waals surface area contributed by atoms with Gasteiger partial charge >= 0.3 is 0 Å². The number of hydrogen-bond donors (Lipinski definition) is 1. The number of benzene rings is 1. The van der Waals surface area contributed by atoms with Crippen LogP contribution < -0.4 is 10.5 Å². The monoisotopic (exact) mass is 334 g/mol. The number of aromatic nitrogens is 4. The molecule has 1 aromatic heterocycles. The van der Waals surface area contributed by atoms with Crippen molar-refractivity contribution in [2.75, 3.05) is 25.4 Å². The number of tetrazole rings is 1. The molecule has 1 fully saturated rings. The van der Waals surface area contributed by atoms with Crippen molar-refractivity contribution in [3.05, 3.63) is 30.1 Å². The first-order chi connectivity index (χ1) is 11.6. The van der Waals surface area contributed by atoms with Gasteiger partial charge in [0.25, 0.3) is 0 Å². The number of para-hydroxylation sites is 1. The largest absolute Gasteiger partial charge is 0.490 e. The minimum absolute atomic E-state index is 0.0136. The Kier molecular flexibility index (Phi) is 4.88. The lowest BCUT2D eigenvalue weighted by Gasteiger charge is -2.32. The molecule has 3 rings (SSSR count). The van der Waals surface area contributed by atoms with Gasteiger partial charge in [-0.3, -0.25) is 4.79 Å². The molecule has 1 saturated heterocycles. The van der Waals surface area contributed by atoms with E-state index in [0.717, 1.165) is 12.8 Å². The highest BCUT2D eigenvalue weighted by Crippen LogP contribution is 2.21. The fourth-order valence-electron chi connectivity index (χ4n) is 2.75. The van der Waals surface area contributed by atoms with Crippen LogP contribution in [0.4, 0.5) is 10.3 Å². The summed E-state index contributed by atoms with van der Waals surface area (Å²) in [6, 6.07) is 6.31. The van der Waals surface area contributed by atoms with Crippen LogP contribution >= 0.6 is 0 Å². The first-order valence-electron chi connectivity index (χ1n) is 7.80. The van der Waals surface area contributed by atoms with Gasteiger partial charge in [0.15, 0.2) is 11.6 Å². The second-order valence-electron chi connectivity index (χ2n) is 5.78. The van der Waals surface area contributed by atoms with Gasteiger partial charge in [0, 0.05) is 19.0 Å². The zero-order valence-corrected chi connectivity index (χ0v) is 13.1. The number of piperidine rings is 1. The number of ether oxygens (including phenoxy) is 1. The normalized spacial score (nSPS) is 17.7. The number of carbonyl (C=O) groups is 1. The molecule has 1 aliphatic heterocycles. The van der Waals surface area contributed by atoms with Crippen molar-refractivity contribution >= 4 is 11.9 Å². The quantitative estimate of drug-likeness (QED) is 0.865. The molecule has 24 heavy (non-hydrogen) atoms. The van der Waals surface area contributed by atoms with E-state index in [1.165, 1.54) is 10.7 Å². The molecule has 1 aromatic carbocycles. The fraction of sp³-hybridized carbons (Fsp3) is 0.467. The summed E-state index contributed by atoms with van der Waals surface area (Å²) in [5, 5.41) is 10.6. The molecule has 128 valence electrons. The number of nitrogens with zero attached hydrogens (tertiary/aromatic N) is 5. The summed E-state index contributed by atoms with van der Waals surface area (Å²) in [7, 11) is 0. The summed E-state index contributed by atoms with van der Waals surface area (Å²) >= 11 is 0. The molecular weight excluding hydrogens is 315 g/mol. The Morgan fingerprint density at radius 1 is 1.42 bits per heavy atom. The zero-order valence-electron chi connectivity index (χ0n) is 13.1. The van der Waals surface area contributed by atoms with E-state index in [9.17, 15) is 9.18 Å². The Morgan fingerprint density at radius 2 is 2.25 bits per heavy atom. The average molecular weight is 334 g/mol. The van der Waals surface area contributed by atoms with Crippen LogP contribution in [0.2, 0.25) is 0 Å². The first kappa shape index (κ1) is 16.2. The molecule has 0 aliphatic carbocycles. The number of nitrogens with two attached hydrogens (primary N) is 1. The maximum absolute atomic E-state index is 13.6. The van der Waals surface area contributed by atoms with Crippen molar-refractivity contribution in [3.8, 4) is 5.75 Å². The molecule has 2 heterocycles. The topological polar surface area (TPSA) is 99.2 Å². The summed E-state index contributed by atoms with van der Waals surface area (Å²) in [6.45, 7) is 1.63. The standard InChI is InChI=1S/C15H19FN6O2/c16-12-5-1-2-6-13(12)24-10-11-4-3-7-21(8-11)14(23)9-22-15(17)18-19-20-22/h1-2,5-6,11H,3-4,7-10H2,(H2,17,18,20)/t11-/m0/s1. The van der Waals surface area contributed by atoms with Gasteiger partial charge in [-0.15, -0.1) is 0 Å². The van der Waals surface area contributed by atoms with Crippen LogP contribution in [0.5, 0.6) is 5.75 Å². The maximum atomic E-state index is 13.6. The second kappa shape index (κ2) is 7.24. The van der Waals surface area contributed by atoms with E-state index < -0.39 is 0 Å². The summed E-state index contributed by atoms with van der Waals surface area (Å²) < 4.78 is 20.4. The van der Waals surface area contributed by atoms with Crippen molar-refractivity contribution in [3.63, 3.8) is 0 Å². The molecule has 9 heteroatoms. The van der Waals surface area contributed by atoms with E-state index >= 15 is 0 Å². The number of nitrogen functional groups attached to an aromatic ring is 1. The summed E-state index contributed by atoms with van der Waals surface area (Å²) in [5.41, 5.74) is 5.57. The molecule has 0 radical (unpaired) electrons. The number of likely N-dealkylation sites (tertiary alicyclic amines) is 1. The third-order valence-electron chi connectivity index (χ3n) is 4.03. The van der Waals surface area contributed by atoms with Gasteiger partial charge in [-0.05, 0) is 35.4 Å². The molecule has 0 spiro atoms.